The number of hydrogen-bond acceptors (Lipinski definition) is 3. The third-order valence-corrected chi connectivity index (χ3v) is 6.08. The number of aliphatic hydroxyl groups excluding tert-OH is 1. The summed E-state index contributed by atoms with van der Waals surface area (Å²) < 4.78 is 13.9. The first kappa shape index (κ1) is 18.1. The zero-order chi connectivity index (χ0) is 18.9. The van der Waals surface area contributed by atoms with Gasteiger partial charge in [-0.2, -0.15) is 0 Å². The number of nitrogens with zero attached hydrogens (tertiary/aromatic N) is 1. The molecule has 4 rings (SSSR count). The van der Waals surface area contributed by atoms with Gasteiger partial charge >= 0.3 is 0 Å². The van der Waals surface area contributed by atoms with Gasteiger partial charge in [0.2, 0.25) is 5.91 Å². The van der Waals surface area contributed by atoms with Crippen LogP contribution in [-0.4, -0.2) is 35.1 Å². The van der Waals surface area contributed by atoms with Crippen molar-refractivity contribution in [2.75, 3.05) is 13.1 Å². The molecule has 2 N–H and O–H groups in total. The van der Waals surface area contributed by atoms with E-state index in [1.165, 1.54) is 6.07 Å². The Morgan fingerprint density at radius 2 is 1.74 bits per heavy atom. The molecule has 0 bridgehead atoms. The Bertz CT molecular complexity index is 803. The zero-order valence-electron chi connectivity index (χ0n) is 15.3. The summed E-state index contributed by atoms with van der Waals surface area (Å²) in [7, 11) is 0. The summed E-state index contributed by atoms with van der Waals surface area (Å²) in [4.78, 5) is 15.1. The summed E-state index contributed by atoms with van der Waals surface area (Å²) >= 11 is 0. The maximum atomic E-state index is 13.9. The molecule has 1 spiro atoms. The van der Waals surface area contributed by atoms with E-state index < -0.39 is 11.5 Å². The second-order valence-corrected chi connectivity index (χ2v) is 7.78. The largest absolute Gasteiger partial charge is 0.391 e. The standard InChI is InChI=1S/C22H25FN2O2/c23-18-9-5-4-8-17(18)15-25-12-10-22(11-13-25)14-19(26)20(24-21(22)27)16-6-2-1-3-7-16/h1-9,19-20,26H,10-15H2,(H,24,27)/t19-,20+/m1/s1. The third-order valence-electron chi connectivity index (χ3n) is 6.08. The summed E-state index contributed by atoms with van der Waals surface area (Å²) in [5.74, 6) is -0.151. The Hall–Kier alpha value is -2.24. The molecule has 2 fully saturated rings. The molecule has 27 heavy (non-hydrogen) atoms. The lowest BCUT2D eigenvalue weighted by molar-refractivity contribution is -0.144. The van der Waals surface area contributed by atoms with Crippen LogP contribution in [0.4, 0.5) is 4.39 Å². The number of hydrogen-bond donors (Lipinski definition) is 2. The lowest BCUT2D eigenvalue weighted by atomic mass is 9.69. The molecule has 2 aliphatic rings. The van der Waals surface area contributed by atoms with Gasteiger partial charge < -0.3 is 10.4 Å². The van der Waals surface area contributed by atoms with Crippen LogP contribution in [0.2, 0.25) is 0 Å². The molecular weight excluding hydrogens is 343 g/mol. The first-order valence-electron chi connectivity index (χ1n) is 9.57. The third kappa shape index (κ3) is 3.62. The van der Waals surface area contributed by atoms with E-state index in [1.807, 2.05) is 36.4 Å². The van der Waals surface area contributed by atoms with E-state index >= 15 is 0 Å². The number of aliphatic hydroxyl groups is 1. The molecule has 2 heterocycles. The monoisotopic (exact) mass is 368 g/mol. The molecule has 142 valence electrons. The molecule has 5 heteroatoms. The highest BCUT2D eigenvalue weighted by Crippen LogP contribution is 2.42. The molecule has 2 aliphatic heterocycles. The van der Waals surface area contributed by atoms with E-state index in [4.69, 9.17) is 0 Å². The molecular formula is C22H25FN2O2. The van der Waals surface area contributed by atoms with Gasteiger partial charge in [-0.05, 0) is 44.0 Å². The average molecular weight is 368 g/mol. The van der Waals surface area contributed by atoms with Crippen LogP contribution in [0.15, 0.2) is 54.6 Å². The summed E-state index contributed by atoms with van der Waals surface area (Å²) in [6, 6.07) is 16.1. The van der Waals surface area contributed by atoms with Crippen molar-refractivity contribution >= 4 is 5.91 Å². The Kier molecular flexibility index (Phi) is 4.98. The van der Waals surface area contributed by atoms with Crippen molar-refractivity contribution in [1.29, 1.82) is 0 Å². The second-order valence-electron chi connectivity index (χ2n) is 7.78. The van der Waals surface area contributed by atoms with Crippen LogP contribution in [0.25, 0.3) is 0 Å². The minimum absolute atomic E-state index is 0.0344. The van der Waals surface area contributed by atoms with E-state index in [0.717, 1.165) is 18.7 Å². The number of amides is 1. The van der Waals surface area contributed by atoms with E-state index in [0.29, 0.717) is 31.4 Å². The minimum atomic E-state index is -0.594. The number of likely N-dealkylation sites (tertiary alicyclic amines) is 1. The normalized spacial score (nSPS) is 25.3. The molecule has 2 aromatic rings. The lowest BCUT2D eigenvalue weighted by Gasteiger charge is -2.46. The van der Waals surface area contributed by atoms with Crippen molar-refractivity contribution in [2.24, 2.45) is 5.41 Å². The minimum Gasteiger partial charge on any atom is -0.391 e. The van der Waals surface area contributed by atoms with Crippen molar-refractivity contribution in [3.8, 4) is 0 Å². The summed E-state index contributed by atoms with van der Waals surface area (Å²) in [5, 5.41) is 13.8. The molecule has 0 radical (unpaired) electrons. The van der Waals surface area contributed by atoms with Crippen molar-refractivity contribution in [3.63, 3.8) is 0 Å². The van der Waals surface area contributed by atoms with Crippen molar-refractivity contribution in [3.05, 3.63) is 71.5 Å². The van der Waals surface area contributed by atoms with Gasteiger partial charge in [0.1, 0.15) is 5.82 Å². The Balaban J connectivity index is 1.41. The fourth-order valence-corrected chi connectivity index (χ4v) is 4.41. The predicted octanol–water partition coefficient (Wildman–Crippen LogP) is 3.03. The van der Waals surface area contributed by atoms with E-state index in [2.05, 4.69) is 10.2 Å². The zero-order valence-corrected chi connectivity index (χ0v) is 15.3. The molecule has 4 nitrogen and oxygen atoms in total. The van der Waals surface area contributed by atoms with E-state index in [9.17, 15) is 14.3 Å². The maximum Gasteiger partial charge on any atom is 0.226 e. The maximum absolute atomic E-state index is 13.9. The highest BCUT2D eigenvalue weighted by molar-refractivity contribution is 5.84. The van der Waals surface area contributed by atoms with Gasteiger partial charge in [0, 0.05) is 12.1 Å². The highest BCUT2D eigenvalue weighted by atomic mass is 19.1. The molecule has 0 aromatic heterocycles. The Morgan fingerprint density at radius 1 is 1.07 bits per heavy atom. The van der Waals surface area contributed by atoms with Crippen LogP contribution >= 0.6 is 0 Å². The van der Waals surface area contributed by atoms with E-state index in [-0.39, 0.29) is 17.8 Å². The van der Waals surface area contributed by atoms with Crippen molar-refractivity contribution < 1.29 is 14.3 Å². The second kappa shape index (κ2) is 7.41. The first-order chi connectivity index (χ1) is 13.1. The molecule has 0 unspecified atom stereocenters. The number of halogens is 1. The van der Waals surface area contributed by atoms with Gasteiger partial charge in [-0.25, -0.2) is 4.39 Å². The average Bonchev–Trinajstić information content (AvgIpc) is 2.69. The van der Waals surface area contributed by atoms with Crippen LogP contribution in [0, 0.1) is 11.2 Å². The summed E-state index contributed by atoms with van der Waals surface area (Å²) in [5.41, 5.74) is 1.10. The lowest BCUT2D eigenvalue weighted by Crippen LogP contribution is -2.56. The summed E-state index contributed by atoms with van der Waals surface area (Å²) in [6.45, 7) is 2.01. The molecule has 0 saturated carbocycles. The summed E-state index contributed by atoms with van der Waals surface area (Å²) in [6.07, 6.45) is 1.26. The number of rotatable bonds is 3. The van der Waals surface area contributed by atoms with Gasteiger partial charge in [-0.15, -0.1) is 0 Å². The van der Waals surface area contributed by atoms with Crippen molar-refractivity contribution in [2.45, 2.75) is 38.0 Å². The SMILES string of the molecule is O=C1N[C@@H](c2ccccc2)[C@H](O)CC12CCN(Cc1ccccc1F)CC2. The predicted molar refractivity (Wildman–Crippen MR) is 101 cm³/mol. The highest BCUT2D eigenvalue weighted by Gasteiger charge is 2.48. The van der Waals surface area contributed by atoms with Crippen LogP contribution in [0.3, 0.4) is 0 Å². The molecule has 0 aliphatic carbocycles. The number of carbonyl (C=O) groups excluding carboxylic acids is 1. The van der Waals surface area contributed by atoms with Gasteiger partial charge in [0.15, 0.2) is 0 Å². The Labute approximate surface area is 159 Å². The van der Waals surface area contributed by atoms with Gasteiger partial charge in [0.25, 0.3) is 0 Å². The molecule has 2 atom stereocenters. The Morgan fingerprint density at radius 3 is 2.44 bits per heavy atom. The first-order valence-corrected chi connectivity index (χ1v) is 9.57. The number of carbonyl (C=O) groups is 1. The fraction of sp³-hybridized carbons (Fsp3) is 0.409. The topological polar surface area (TPSA) is 52.6 Å². The van der Waals surface area contributed by atoms with E-state index in [1.54, 1.807) is 12.1 Å². The van der Waals surface area contributed by atoms with Crippen molar-refractivity contribution in [1.82, 2.24) is 10.2 Å². The van der Waals surface area contributed by atoms with Crippen LogP contribution < -0.4 is 5.32 Å². The number of piperidine rings is 2. The van der Waals surface area contributed by atoms with Crippen LogP contribution in [0.5, 0.6) is 0 Å². The number of benzene rings is 2. The number of nitrogens with one attached hydrogen (secondary N) is 1. The molecule has 2 saturated heterocycles. The molecule has 2 aromatic carbocycles. The van der Waals surface area contributed by atoms with Crippen LogP contribution in [-0.2, 0) is 11.3 Å². The fourth-order valence-electron chi connectivity index (χ4n) is 4.41. The van der Waals surface area contributed by atoms with Gasteiger partial charge in [-0.1, -0.05) is 48.5 Å². The van der Waals surface area contributed by atoms with Crippen LogP contribution in [0.1, 0.15) is 36.4 Å². The molecule has 1 amide bonds. The quantitative estimate of drug-likeness (QED) is 0.876. The van der Waals surface area contributed by atoms with Gasteiger partial charge in [0.05, 0.1) is 17.6 Å². The smallest absolute Gasteiger partial charge is 0.226 e. The van der Waals surface area contributed by atoms with Gasteiger partial charge in [-0.3, -0.25) is 9.69 Å².